The average molecular weight is 440 g/mol. The summed E-state index contributed by atoms with van der Waals surface area (Å²) in [5.41, 5.74) is 0.221. The van der Waals surface area contributed by atoms with Crippen LogP contribution < -0.4 is 15.0 Å². The van der Waals surface area contributed by atoms with E-state index in [1.807, 2.05) is 13.0 Å². The molecule has 0 unspecified atom stereocenters. The second-order valence-electron chi connectivity index (χ2n) is 6.24. The van der Waals surface area contributed by atoms with E-state index < -0.39 is 0 Å². The van der Waals surface area contributed by atoms with E-state index in [0.717, 1.165) is 11.8 Å². The zero-order chi connectivity index (χ0) is 21.3. The van der Waals surface area contributed by atoms with Gasteiger partial charge in [0.05, 0.1) is 12.0 Å². The van der Waals surface area contributed by atoms with Crippen molar-refractivity contribution in [3.05, 3.63) is 69.5 Å². The number of likely N-dealkylation sites (N-methyl/N-ethyl adjacent to an activating group) is 1. The summed E-state index contributed by atoms with van der Waals surface area (Å²) in [7, 11) is 1.53. The molecule has 1 aliphatic rings. The number of carbonyl (C=O) groups excluding carboxylic acids is 1. The van der Waals surface area contributed by atoms with Crippen molar-refractivity contribution < 1.29 is 14.3 Å². The molecule has 4 rings (SSSR count). The maximum Gasteiger partial charge on any atom is 0.269 e. The van der Waals surface area contributed by atoms with Crippen LogP contribution in [0, 0.1) is 0 Å². The van der Waals surface area contributed by atoms with Gasteiger partial charge in [-0.2, -0.15) is 4.98 Å². The van der Waals surface area contributed by atoms with Gasteiger partial charge in [-0.15, -0.1) is 0 Å². The molecule has 1 fully saturated rings. The summed E-state index contributed by atoms with van der Waals surface area (Å²) in [6.07, 6.45) is 3.11. The number of methoxy groups -OCH3 is 1. The van der Waals surface area contributed by atoms with Crippen molar-refractivity contribution in [3.8, 4) is 17.4 Å². The summed E-state index contributed by atoms with van der Waals surface area (Å²) in [6, 6.07) is 12.3. The molecule has 0 saturated carbocycles. The fourth-order valence-corrected chi connectivity index (χ4v) is 4.36. The zero-order valence-electron chi connectivity index (χ0n) is 16.2. The largest absolute Gasteiger partial charge is 0.493 e. The molecule has 1 aliphatic heterocycles. The van der Waals surface area contributed by atoms with Gasteiger partial charge in [0.1, 0.15) is 15.5 Å². The Morgan fingerprint density at radius 2 is 1.87 bits per heavy atom. The van der Waals surface area contributed by atoms with E-state index in [2.05, 4.69) is 4.98 Å². The van der Waals surface area contributed by atoms with Gasteiger partial charge < -0.3 is 9.47 Å². The molecule has 1 aromatic carbocycles. The summed E-state index contributed by atoms with van der Waals surface area (Å²) in [6.45, 7) is 2.30. The lowest BCUT2D eigenvalue weighted by atomic mass is 10.2. The Kier molecular flexibility index (Phi) is 5.56. The minimum Gasteiger partial charge on any atom is -0.493 e. The van der Waals surface area contributed by atoms with Crippen molar-refractivity contribution in [1.82, 2.24) is 14.3 Å². The molecule has 0 radical (unpaired) electrons. The maximum atomic E-state index is 13.2. The number of benzene rings is 1. The number of ether oxygens (including phenoxy) is 2. The van der Waals surface area contributed by atoms with E-state index in [0.29, 0.717) is 32.9 Å². The van der Waals surface area contributed by atoms with Crippen LogP contribution in [-0.2, 0) is 4.79 Å². The Morgan fingerprint density at radius 1 is 1.13 bits per heavy atom. The number of pyridine rings is 1. The number of carbonyl (C=O) groups is 1. The van der Waals surface area contributed by atoms with Crippen LogP contribution in [0.25, 0.3) is 11.7 Å². The van der Waals surface area contributed by atoms with E-state index in [-0.39, 0.29) is 22.9 Å². The standard InChI is InChI=1S/C21H17N3O4S2/c1-3-23-20(26)16(30-21(23)29)12-13-18(28-15-9-5-4-8-14(15)27-2)22-17-10-6-7-11-24(17)19(13)25/h4-12H,3H2,1-2H3/b16-12-. The highest BCUT2D eigenvalue weighted by Crippen LogP contribution is 2.35. The Balaban J connectivity index is 1.89. The van der Waals surface area contributed by atoms with Gasteiger partial charge >= 0.3 is 0 Å². The second-order valence-corrected chi connectivity index (χ2v) is 7.92. The third-order valence-electron chi connectivity index (χ3n) is 4.48. The molecule has 3 aromatic rings. The summed E-state index contributed by atoms with van der Waals surface area (Å²) < 4.78 is 13.2. The third-order valence-corrected chi connectivity index (χ3v) is 5.85. The van der Waals surface area contributed by atoms with E-state index in [1.165, 1.54) is 22.5 Å². The SMILES string of the molecule is CCN1C(=O)/C(=C/c2c(Oc3ccccc3OC)nc3ccccn3c2=O)SC1=S. The fourth-order valence-electron chi connectivity index (χ4n) is 2.99. The molecule has 0 atom stereocenters. The van der Waals surface area contributed by atoms with Crippen molar-refractivity contribution in [2.75, 3.05) is 13.7 Å². The molecular weight excluding hydrogens is 422 g/mol. The highest BCUT2D eigenvalue weighted by Gasteiger charge is 2.31. The number of aromatic nitrogens is 2. The van der Waals surface area contributed by atoms with Crippen LogP contribution in [0.15, 0.2) is 58.4 Å². The molecule has 0 N–H and O–H groups in total. The molecule has 9 heteroatoms. The third kappa shape index (κ3) is 3.57. The lowest BCUT2D eigenvalue weighted by Crippen LogP contribution is -2.27. The number of rotatable bonds is 5. The minimum absolute atomic E-state index is 0.0810. The maximum absolute atomic E-state index is 13.2. The number of para-hydroxylation sites is 2. The van der Waals surface area contributed by atoms with Crippen molar-refractivity contribution in [2.45, 2.75) is 6.92 Å². The minimum atomic E-state index is -0.354. The predicted octanol–water partition coefficient (Wildman–Crippen LogP) is 3.72. The number of fused-ring (bicyclic) bond motifs is 1. The summed E-state index contributed by atoms with van der Waals surface area (Å²) in [5.74, 6) is 0.740. The normalized spacial score (nSPS) is 15.3. The zero-order valence-corrected chi connectivity index (χ0v) is 17.8. The average Bonchev–Trinajstić information content (AvgIpc) is 3.03. The Morgan fingerprint density at radius 3 is 2.57 bits per heavy atom. The van der Waals surface area contributed by atoms with Crippen molar-refractivity contribution in [2.24, 2.45) is 0 Å². The van der Waals surface area contributed by atoms with E-state index in [9.17, 15) is 9.59 Å². The topological polar surface area (TPSA) is 73.1 Å². The van der Waals surface area contributed by atoms with Gasteiger partial charge in [0, 0.05) is 12.7 Å². The number of thiocarbonyl (C=S) groups is 1. The van der Waals surface area contributed by atoms with Crippen molar-refractivity contribution in [3.63, 3.8) is 0 Å². The molecule has 0 spiro atoms. The van der Waals surface area contributed by atoms with Gasteiger partial charge in [0.2, 0.25) is 5.88 Å². The first-order valence-electron chi connectivity index (χ1n) is 9.11. The van der Waals surface area contributed by atoms with Crippen LogP contribution in [0.4, 0.5) is 0 Å². The molecule has 30 heavy (non-hydrogen) atoms. The Bertz CT molecular complexity index is 1250. The van der Waals surface area contributed by atoms with Crippen LogP contribution in [0.1, 0.15) is 12.5 Å². The Hall–Kier alpha value is -3.17. The molecule has 1 saturated heterocycles. The van der Waals surface area contributed by atoms with Crippen LogP contribution in [0.3, 0.4) is 0 Å². The number of hydrogen-bond acceptors (Lipinski definition) is 7. The fraction of sp³-hybridized carbons (Fsp3) is 0.143. The lowest BCUT2D eigenvalue weighted by Gasteiger charge is -2.12. The highest BCUT2D eigenvalue weighted by atomic mass is 32.2. The summed E-state index contributed by atoms with van der Waals surface area (Å²) in [4.78, 5) is 32.2. The number of hydrogen-bond donors (Lipinski definition) is 0. The molecular formula is C21H17N3O4S2. The van der Waals surface area contributed by atoms with Gasteiger partial charge in [0.15, 0.2) is 11.5 Å². The van der Waals surface area contributed by atoms with E-state index in [1.54, 1.807) is 42.6 Å². The number of amides is 1. The quantitative estimate of drug-likeness (QED) is 0.443. The second kappa shape index (κ2) is 8.29. The highest BCUT2D eigenvalue weighted by molar-refractivity contribution is 8.26. The summed E-state index contributed by atoms with van der Waals surface area (Å²) in [5, 5.41) is 0. The van der Waals surface area contributed by atoms with Gasteiger partial charge in [0.25, 0.3) is 11.5 Å². The van der Waals surface area contributed by atoms with Crippen LogP contribution in [0.2, 0.25) is 0 Å². The lowest BCUT2D eigenvalue weighted by molar-refractivity contribution is -0.121. The predicted molar refractivity (Wildman–Crippen MR) is 120 cm³/mol. The smallest absolute Gasteiger partial charge is 0.269 e. The first-order valence-corrected chi connectivity index (χ1v) is 10.3. The molecule has 2 aromatic heterocycles. The van der Waals surface area contributed by atoms with Gasteiger partial charge in [-0.3, -0.25) is 18.9 Å². The molecule has 0 aliphatic carbocycles. The first kappa shape index (κ1) is 20.1. The van der Waals surface area contributed by atoms with Crippen LogP contribution >= 0.6 is 24.0 Å². The van der Waals surface area contributed by atoms with Gasteiger partial charge in [-0.25, -0.2) is 0 Å². The monoisotopic (exact) mass is 439 g/mol. The first-order chi connectivity index (χ1) is 14.5. The van der Waals surface area contributed by atoms with Crippen LogP contribution in [0.5, 0.6) is 17.4 Å². The molecule has 7 nitrogen and oxygen atoms in total. The van der Waals surface area contributed by atoms with Gasteiger partial charge in [-0.1, -0.05) is 42.2 Å². The van der Waals surface area contributed by atoms with Gasteiger partial charge in [-0.05, 0) is 37.3 Å². The van der Waals surface area contributed by atoms with E-state index in [4.69, 9.17) is 21.7 Å². The molecule has 3 heterocycles. The molecule has 0 bridgehead atoms. The molecule has 1 amide bonds. The van der Waals surface area contributed by atoms with Crippen LogP contribution in [-0.4, -0.2) is 38.2 Å². The number of nitrogens with zero attached hydrogens (tertiary/aromatic N) is 3. The molecule has 152 valence electrons. The van der Waals surface area contributed by atoms with Crippen molar-refractivity contribution >= 4 is 45.9 Å². The van der Waals surface area contributed by atoms with Crippen molar-refractivity contribution in [1.29, 1.82) is 0 Å². The Labute approximate surface area is 181 Å². The van der Waals surface area contributed by atoms with E-state index >= 15 is 0 Å². The number of thioether (sulfide) groups is 1. The summed E-state index contributed by atoms with van der Waals surface area (Å²) >= 11 is 6.42.